The predicted molar refractivity (Wildman–Crippen MR) is 211 cm³/mol. The third-order valence-corrected chi connectivity index (χ3v) is 9.14. The molecular weight excluding hydrogens is 624 g/mol. The molecule has 2 N–H and O–H groups in total. The summed E-state index contributed by atoms with van der Waals surface area (Å²) >= 11 is 0. The van der Waals surface area contributed by atoms with Crippen molar-refractivity contribution in [1.29, 1.82) is 0 Å². The summed E-state index contributed by atoms with van der Waals surface area (Å²) in [6, 6.07) is 0. The standard InChI is InChI=1S/C44H78O6/c1-7-9-11-13-15-17-19-21-23-34-42(46)49-44(48,50-43(47)35-24-22-20-18-16-14-12-10-8-2)36-40(6)31-27-33-41(37-45)32-26-30-39(5)29-25-28-38(3)4/h28,30,33,36,45,48H,7-27,29,31-32,34-35,37H2,1-6H3/b39-30+,40-36+,41-33-. The molecule has 0 saturated carbocycles. The molecule has 0 aromatic rings. The number of unbranched alkanes of at least 4 members (excludes halogenated alkanes) is 16. The first-order chi connectivity index (χ1) is 24.0. The lowest BCUT2D eigenvalue weighted by Crippen LogP contribution is -2.38. The summed E-state index contributed by atoms with van der Waals surface area (Å²) in [5, 5.41) is 21.2. The van der Waals surface area contributed by atoms with Gasteiger partial charge in [0.05, 0.1) is 6.61 Å². The minimum absolute atomic E-state index is 0.00426. The SMILES string of the molecule is CCCCCCCCCCCC(=O)OC(O)(/C=C(\C)CC/C=C(\CO)CC/C=C(\C)CCC=C(C)C)OC(=O)CCCCCCCCCCC. The second-order valence-electron chi connectivity index (χ2n) is 14.7. The lowest BCUT2D eigenvalue weighted by molar-refractivity contribution is -0.296. The molecule has 0 amide bonds. The topological polar surface area (TPSA) is 93.1 Å². The van der Waals surface area contributed by atoms with Crippen molar-refractivity contribution in [3.8, 4) is 0 Å². The molecule has 0 aromatic carbocycles. The van der Waals surface area contributed by atoms with E-state index in [0.29, 0.717) is 25.7 Å². The Morgan fingerprint density at radius 3 is 1.36 bits per heavy atom. The lowest BCUT2D eigenvalue weighted by Gasteiger charge is -2.25. The van der Waals surface area contributed by atoms with Gasteiger partial charge in [-0.1, -0.05) is 152 Å². The molecule has 0 saturated heterocycles. The number of carbonyl (C=O) groups is 2. The van der Waals surface area contributed by atoms with Gasteiger partial charge in [0, 0.05) is 18.9 Å². The maximum absolute atomic E-state index is 12.8. The van der Waals surface area contributed by atoms with Gasteiger partial charge in [-0.25, -0.2) is 0 Å². The van der Waals surface area contributed by atoms with E-state index in [1.165, 1.54) is 94.3 Å². The number of aliphatic hydroxyl groups excluding tert-OH is 1. The van der Waals surface area contributed by atoms with Crippen LogP contribution >= 0.6 is 0 Å². The minimum Gasteiger partial charge on any atom is -0.395 e. The molecule has 0 bridgehead atoms. The van der Waals surface area contributed by atoms with E-state index in [0.717, 1.165) is 62.5 Å². The Kier molecular flexibility index (Phi) is 31.3. The Hall–Kier alpha value is -2.18. The van der Waals surface area contributed by atoms with Gasteiger partial charge >= 0.3 is 17.9 Å². The molecule has 0 aliphatic rings. The highest BCUT2D eigenvalue weighted by Gasteiger charge is 2.34. The number of ether oxygens (including phenoxy) is 2. The normalized spacial score (nSPS) is 12.7. The van der Waals surface area contributed by atoms with E-state index >= 15 is 0 Å². The largest absolute Gasteiger partial charge is 0.396 e. The summed E-state index contributed by atoms with van der Waals surface area (Å²) in [7, 11) is 0. The number of hydrogen-bond donors (Lipinski definition) is 2. The van der Waals surface area contributed by atoms with Crippen molar-refractivity contribution < 1.29 is 29.3 Å². The second kappa shape index (κ2) is 32.7. The fraction of sp³-hybridized carbons (Fsp3) is 0.773. The van der Waals surface area contributed by atoms with Gasteiger partial charge in [-0.2, -0.15) is 0 Å². The summed E-state index contributed by atoms with van der Waals surface area (Å²) in [4.78, 5) is 25.6. The molecule has 0 atom stereocenters. The third kappa shape index (κ3) is 30.6. The van der Waals surface area contributed by atoms with E-state index in [2.05, 4.69) is 46.8 Å². The van der Waals surface area contributed by atoms with Crippen molar-refractivity contribution in [3.63, 3.8) is 0 Å². The molecule has 0 fully saturated rings. The molecule has 50 heavy (non-hydrogen) atoms. The van der Waals surface area contributed by atoms with E-state index in [4.69, 9.17) is 9.47 Å². The molecule has 0 aliphatic carbocycles. The number of carbonyl (C=O) groups excluding carboxylic acids is 2. The second-order valence-corrected chi connectivity index (χ2v) is 14.7. The number of allylic oxidation sites excluding steroid dienone is 6. The van der Waals surface area contributed by atoms with Gasteiger partial charge in [0.1, 0.15) is 0 Å². The van der Waals surface area contributed by atoms with Crippen LogP contribution in [0.2, 0.25) is 0 Å². The van der Waals surface area contributed by atoms with Crippen molar-refractivity contribution in [2.45, 2.75) is 214 Å². The van der Waals surface area contributed by atoms with Crippen LogP contribution in [-0.2, 0) is 19.1 Å². The highest BCUT2D eigenvalue weighted by atomic mass is 16.8. The molecule has 0 heterocycles. The highest BCUT2D eigenvalue weighted by Crippen LogP contribution is 2.22. The van der Waals surface area contributed by atoms with Gasteiger partial charge in [-0.3, -0.25) is 9.59 Å². The molecule has 0 spiro atoms. The summed E-state index contributed by atoms with van der Waals surface area (Å²) in [6.45, 7) is 12.7. The smallest absolute Gasteiger partial charge is 0.395 e. The zero-order chi connectivity index (χ0) is 37.3. The summed E-state index contributed by atoms with van der Waals surface area (Å²) in [6.07, 6.45) is 33.6. The van der Waals surface area contributed by atoms with Crippen LogP contribution in [0.25, 0.3) is 0 Å². The molecule has 0 aliphatic heterocycles. The van der Waals surface area contributed by atoms with E-state index in [1.807, 2.05) is 13.0 Å². The van der Waals surface area contributed by atoms with Crippen molar-refractivity contribution in [2.24, 2.45) is 0 Å². The Bertz CT molecular complexity index is 948. The van der Waals surface area contributed by atoms with Crippen LogP contribution in [-0.4, -0.2) is 34.7 Å². The zero-order valence-corrected chi connectivity index (χ0v) is 33.4. The van der Waals surface area contributed by atoms with Gasteiger partial charge in [-0.05, 0) is 84.6 Å². The molecule has 290 valence electrons. The predicted octanol–water partition coefficient (Wildman–Crippen LogP) is 12.7. The quantitative estimate of drug-likeness (QED) is 0.0306. The van der Waals surface area contributed by atoms with E-state index < -0.39 is 17.9 Å². The fourth-order valence-electron chi connectivity index (χ4n) is 6.00. The fourth-order valence-corrected chi connectivity index (χ4v) is 6.00. The Morgan fingerprint density at radius 2 is 0.920 bits per heavy atom. The van der Waals surface area contributed by atoms with Gasteiger partial charge in [0.2, 0.25) is 0 Å². The maximum atomic E-state index is 12.8. The lowest BCUT2D eigenvalue weighted by atomic mass is 10.0. The van der Waals surface area contributed by atoms with Crippen molar-refractivity contribution >= 4 is 11.9 Å². The molecule has 0 rings (SSSR count). The maximum Gasteiger partial charge on any atom is 0.396 e. The number of aliphatic hydroxyl groups is 2. The van der Waals surface area contributed by atoms with Crippen LogP contribution in [0, 0.1) is 0 Å². The summed E-state index contributed by atoms with van der Waals surface area (Å²) < 4.78 is 10.9. The summed E-state index contributed by atoms with van der Waals surface area (Å²) in [5.41, 5.74) is 4.41. The molecule has 0 unspecified atom stereocenters. The first kappa shape index (κ1) is 47.8. The Balaban J connectivity index is 5.09. The van der Waals surface area contributed by atoms with Crippen LogP contribution in [0.15, 0.2) is 46.6 Å². The zero-order valence-electron chi connectivity index (χ0n) is 33.4. The van der Waals surface area contributed by atoms with E-state index in [1.54, 1.807) is 0 Å². The highest BCUT2D eigenvalue weighted by molar-refractivity contribution is 5.72. The van der Waals surface area contributed by atoms with E-state index in [9.17, 15) is 19.8 Å². The number of rotatable bonds is 33. The van der Waals surface area contributed by atoms with Gasteiger partial charge < -0.3 is 19.7 Å². The van der Waals surface area contributed by atoms with Crippen molar-refractivity contribution in [1.82, 2.24) is 0 Å². The third-order valence-electron chi connectivity index (χ3n) is 9.14. The monoisotopic (exact) mass is 703 g/mol. The minimum atomic E-state index is -2.42. The van der Waals surface area contributed by atoms with Crippen LogP contribution in [0.5, 0.6) is 0 Å². The van der Waals surface area contributed by atoms with Crippen molar-refractivity contribution in [3.05, 3.63) is 46.6 Å². The van der Waals surface area contributed by atoms with Gasteiger partial charge in [0.25, 0.3) is 0 Å². The first-order valence-electron chi connectivity index (χ1n) is 20.5. The molecular formula is C44H78O6. The average Bonchev–Trinajstić information content (AvgIpc) is 3.05. The van der Waals surface area contributed by atoms with Crippen LogP contribution in [0.4, 0.5) is 0 Å². The Morgan fingerprint density at radius 1 is 0.520 bits per heavy atom. The molecule has 6 nitrogen and oxygen atoms in total. The first-order valence-corrected chi connectivity index (χ1v) is 20.5. The van der Waals surface area contributed by atoms with Crippen molar-refractivity contribution in [2.75, 3.05) is 6.61 Å². The Labute approximate surface area is 308 Å². The average molecular weight is 703 g/mol. The molecule has 0 aromatic heterocycles. The van der Waals surface area contributed by atoms with E-state index in [-0.39, 0.29) is 19.4 Å². The summed E-state index contributed by atoms with van der Waals surface area (Å²) in [5.74, 6) is -3.56. The number of esters is 2. The molecule has 6 heteroatoms. The van der Waals surface area contributed by atoms with Crippen LogP contribution < -0.4 is 0 Å². The van der Waals surface area contributed by atoms with Gasteiger partial charge in [0.15, 0.2) is 0 Å². The number of hydrogen-bond acceptors (Lipinski definition) is 6. The van der Waals surface area contributed by atoms with Gasteiger partial charge in [-0.15, -0.1) is 0 Å². The molecule has 0 radical (unpaired) electrons. The van der Waals surface area contributed by atoms with Crippen LogP contribution in [0.1, 0.15) is 208 Å². The van der Waals surface area contributed by atoms with Crippen LogP contribution in [0.3, 0.4) is 0 Å².